The molecule has 0 bridgehead atoms. The monoisotopic (exact) mass is 262 g/mol. The minimum Gasteiger partial charge on any atom is -0.240 e. The Kier molecular flexibility index (Phi) is 6.18. The van der Waals surface area contributed by atoms with Gasteiger partial charge in [-0.2, -0.15) is 0 Å². The average molecular weight is 262 g/mol. The van der Waals surface area contributed by atoms with Crippen molar-refractivity contribution in [3.05, 3.63) is 23.8 Å². The largest absolute Gasteiger partial charge is 0.240 e. The predicted octanol–water partition coefficient (Wildman–Crippen LogP) is 5.76. The van der Waals surface area contributed by atoms with Crippen LogP contribution in [0.1, 0.15) is 48.0 Å². The Morgan fingerprint density at radius 3 is 1.83 bits per heavy atom. The molecule has 0 nitrogen and oxygen atoms in total. The number of halogens is 3. The molecule has 0 aliphatic carbocycles. The summed E-state index contributed by atoms with van der Waals surface area (Å²) in [5, 5.41) is 0. The highest BCUT2D eigenvalue weighted by atomic mass is 19.2. The van der Waals surface area contributed by atoms with Crippen molar-refractivity contribution in [2.75, 3.05) is 0 Å². The summed E-state index contributed by atoms with van der Waals surface area (Å²) >= 11 is 0. The maximum atomic E-state index is 13.8. The van der Waals surface area contributed by atoms with E-state index in [9.17, 15) is 13.2 Å². The average Bonchev–Trinajstić information content (AvgIpc) is 2.20. The van der Waals surface area contributed by atoms with Gasteiger partial charge in [0.05, 0.1) is 0 Å². The van der Waals surface area contributed by atoms with Gasteiger partial charge in [-0.1, -0.05) is 41.2 Å². The minimum absolute atomic E-state index is 0.0678. The molecule has 0 saturated carbocycles. The topological polar surface area (TPSA) is 0 Å². The molecular weight excluding hydrogens is 237 g/mol. The van der Waals surface area contributed by atoms with Gasteiger partial charge in [0.2, 0.25) is 0 Å². The molecule has 0 aromatic carbocycles. The molecule has 0 amide bonds. The lowest BCUT2D eigenvalue weighted by Crippen LogP contribution is -2.24. The lowest BCUT2D eigenvalue weighted by Gasteiger charge is -2.33. The number of alkyl halides is 1. The normalized spacial score (nSPS) is 17.4. The Morgan fingerprint density at radius 1 is 1.11 bits per heavy atom. The molecule has 18 heavy (non-hydrogen) atoms. The summed E-state index contributed by atoms with van der Waals surface area (Å²) in [4.78, 5) is 0. The fraction of sp³-hybridized carbons (Fsp3) is 0.733. The number of hydrogen-bond acceptors (Lipinski definition) is 0. The van der Waals surface area contributed by atoms with Crippen molar-refractivity contribution in [2.45, 2.75) is 54.1 Å². The molecule has 0 aliphatic heterocycles. The third kappa shape index (κ3) is 4.87. The summed E-state index contributed by atoms with van der Waals surface area (Å²) in [6, 6.07) is 0. The molecule has 0 N–H and O–H groups in total. The van der Waals surface area contributed by atoms with E-state index < -0.39 is 17.8 Å². The van der Waals surface area contributed by atoms with Gasteiger partial charge in [0.25, 0.3) is 0 Å². The highest BCUT2D eigenvalue weighted by molar-refractivity contribution is 5.29. The Hall–Kier alpha value is -0.730. The highest BCUT2D eigenvalue weighted by Gasteiger charge is 2.31. The van der Waals surface area contributed by atoms with E-state index >= 15 is 0 Å². The molecule has 2 unspecified atom stereocenters. The summed E-state index contributed by atoms with van der Waals surface area (Å²) in [6.45, 7) is 14.5. The lowest BCUT2D eigenvalue weighted by atomic mass is 9.72. The number of allylic oxidation sites excluding steroid dienone is 3. The van der Waals surface area contributed by atoms with Crippen molar-refractivity contribution in [2.24, 2.45) is 17.3 Å². The molecule has 0 saturated heterocycles. The SMILES string of the molecule is C=C(/C(F)=C(/F)C(C)F)C(CC(C)C)C(C)(C)C. The van der Waals surface area contributed by atoms with Gasteiger partial charge in [0.15, 0.2) is 17.8 Å². The van der Waals surface area contributed by atoms with Crippen LogP contribution in [0.2, 0.25) is 0 Å². The van der Waals surface area contributed by atoms with E-state index in [0.717, 1.165) is 6.92 Å². The number of rotatable bonds is 5. The van der Waals surface area contributed by atoms with Crippen molar-refractivity contribution in [3.63, 3.8) is 0 Å². The molecule has 0 aromatic rings. The first kappa shape index (κ1) is 17.3. The Bertz CT molecular complexity index is 319. The van der Waals surface area contributed by atoms with Gasteiger partial charge in [-0.15, -0.1) is 0 Å². The molecule has 0 radical (unpaired) electrons. The zero-order chi connectivity index (χ0) is 14.7. The Balaban J connectivity index is 5.28. The van der Waals surface area contributed by atoms with Crippen LogP contribution in [0.25, 0.3) is 0 Å². The van der Waals surface area contributed by atoms with Gasteiger partial charge in [-0.25, -0.2) is 13.2 Å². The van der Waals surface area contributed by atoms with Crippen molar-refractivity contribution in [1.82, 2.24) is 0 Å². The summed E-state index contributed by atoms with van der Waals surface area (Å²) in [7, 11) is 0. The van der Waals surface area contributed by atoms with E-state index in [-0.39, 0.29) is 16.9 Å². The van der Waals surface area contributed by atoms with Crippen LogP contribution >= 0.6 is 0 Å². The highest BCUT2D eigenvalue weighted by Crippen LogP contribution is 2.40. The van der Waals surface area contributed by atoms with Crippen LogP contribution in [0.5, 0.6) is 0 Å². The first-order chi connectivity index (χ1) is 7.98. The van der Waals surface area contributed by atoms with Crippen molar-refractivity contribution >= 4 is 0 Å². The summed E-state index contributed by atoms with van der Waals surface area (Å²) in [5.41, 5.74) is -0.170. The molecule has 0 fully saturated rings. The molecule has 3 heteroatoms. The zero-order valence-electron chi connectivity index (χ0n) is 12.3. The number of hydrogen-bond donors (Lipinski definition) is 0. The van der Waals surface area contributed by atoms with E-state index in [4.69, 9.17) is 0 Å². The van der Waals surface area contributed by atoms with Crippen molar-refractivity contribution in [1.29, 1.82) is 0 Å². The minimum atomic E-state index is -1.93. The third-order valence-electron chi connectivity index (χ3n) is 3.01. The van der Waals surface area contributed by atoms with Crippen LogP contribution < -0.4 is 0 Å². The van der Waals surface area contributed by atoms with Gasteiger partial charge in [-0.3, -0.25) is 0 Å². The zero-order valence-corrected chi connectivity index (χ0v) is 12.3. The second-order valence-corrected chi connectivity index (χ2v) is 6.35. The molecule has 106 valence electrons. The van der Waals surface area contributed by atoms with Crippen LogP contribution in [0.15, 0.2) is 23.8 Å². The molecule has 0 spiro atoms. The van der Waals surface area contributed by atoms with Crippen molar-refractivity contribution in [3.8, 4) is 0 Å². The van der Waals surface area contributed by atoms with E-state index in [1.54, 1.807) is 0 Å². The fourth-order valence-corrected chi connectivity index (χ4v) is 1.97. The second kappa shape index (κ2) is 6.44. The van der Waals surface area contributed by atoms with Gasteiger partial charge in [0.1, 0.15) is 0 Å². The van der Waals surface area contributed by atoms with Crippen LogP contribution in [0, 0.1) is 17.3 Å². The van der Waals surface area contributed by atoms with E-state index in [1.165, 1.54) is 0 Å². The first-order valence-electron chi connectivity index (χ1n) is 6.36. The van der Waals surface area contributed by atoms with Gasteiger partial charge in [0, 0.05) is 0 Å². The molecule has 0 heterocycles. The van der Waals surface area contributed by atoms with Crippen LogP contribution in [0.3, 0.4) is 0 Å². The smallest absolute Gasteiger partial charge is 0.170 e. The Labute approximate surface area is 109 Å². The quantitative estimate of drug-likeness (QED) is 0.552. The maximum Gasteiger partial charge on any atom is 0.170 e. The van der Waals surface area contributed by atoms with Gasteiger partial charge in [-0.05, 0) is 36.2 Å². The molecule has 0 aromatic heterocycles. The molecule has 0 rings (SSSR count). The second-order valence-electron chi connectivity index (χ2n) is 6.35. The maximum absolute atomic E-state index is 13.8. The molecule has 2 atom stereocenters. The van der Waals surface area contributed by atoms with Crippen molar-refractivity contribution < 1.29 is 13.2 Å². The third-order valence-corrected chi connectivity index (χ3v) is 3.01. The van der Waals surface area contributed by atoms with Crippen LogP contribution in [-0.4, -0.2) is 6.17 Å². The van der Waals surface area contributed by atoms with Crippen LogP contribution in [0.4, 0.5) is 13.2 Å². The van der Waals surface area contributed by atoms with E-state index in [0.29, 0.717) is 12.3 Å². The molecule has 0 aliphatic rings. The van der Waals surface area contributed by atoms with E-state index in [2.05, 4.69) is 6.58 Å². The molecular formula is C15H25F3. The van der Waals surface area contributed by atoms with Crippen LogP contribution in [-0.2, 0) is 0 Å². The summed E-state index contributed by atoms with van der Waals surface area (Å²) < 4.78 is 40.0. The summed E-state index contributed by atoms with van der Waals surface area (Å²) in [5.74, 6) is -2.34. The summed E-state index contributed by atoms with van der Waals surface area (Å²) in [6.07, 6.45) is -1.23. The standard InChI is InChI=1S/C15H25F3/c1-9(2)8-12(15(5,6)7)10(3)13(17)14(18)11(4)16/h9,11-12H,3,8H2,1-2,4-7H3/b14-13-. The first-order valence-corrected chi connectivity index (χ1v) is 6.36. The van der Waals surface area contributed by atoms with Gasteiger partial charge >= 0.3 is 0 Å². The Morgan fingerprint density at radius 2 is 1.56 bits per heavy atom. The fourth-order valence-electron chi connectivity index (χ4n) is 1.97. The lowest BCUT2D eigenvalue weighted by molar-refractivity contribution is 0.235. The van der Waals surface area contributed by atoms with E-state index in [1.807, 2.05) is 34.6 Å². The van der Waals surface area contributed by atoms with Gasteiger partial charge < -0.3 is 0 Å². The predicted molar refractivity (Wildman–Crippen MR) is 71.4 cm³/mol.